The smallest absolute Gasteiger partial charge is 0.312 e. The van der Waals surface area contributed by atoms with Gasteiger partial charge in [0.2, 0.25) is 0 Å². The second kappa shape index (κ2) is 5.21. The van der Waals surface area contributed by atoms with E-state index in [1.807, 2.05) is 0 Å². The van der Waals surface area contributed by atoms with Gasteiger partial charge >= 0.3 is 5.97 Å². The lowest BCUT2D eigenvalue weighted by Crippen LogP contribution is -2.42. The molecule has 1 aliphatic carbocycles. The van der Waals surface area contributed by atoms with E-state index in [2.05, 4.69) is 0 Å². The van der Waals surface area contributed by atoms with Crippen LogP contribution in [0.4, 0.5) is 0 Å². The molecule has 1 aliphatic heterocycles. The molecular formula is C15H16Cl2O3. The fourth-order valence-electron chi connectivity index (χ4n) is 3.17. The van der Waals surface area contributed by atoms with Crippen molar-refractivity contribution in [2.24, 2.45) is 11.3 Å². The minimum absolute atomic E-state index is 0.199. The molecule has 1 aromatic carbocycles. The number of benzene rings is 1. The molecule has 108 valence electrons. The van der Waals surface area contributed by atoms with Crippen LogP contribution in [0.2, 0.25) is 10.0 Å². The molecule has 1 heterocycles. The molecule has 0 bridgehead atoms. The van der Waals surface area contributed by atoms with Crippen molar-refractivity contribution < 1.29 is 14.6 Å². The van der Waals surface area contributed by atoms with E-state index in [-0.39, 0.29) is 6.10 Å². The first-order valence-electron chi connectivity index (χ1n) is 6.82. The maximum atomic E-state index is 11.9. The van der Waals surface area contributed by atoms with Gasteiger partial charge in [0.1, 0.15) is 5.41 Å². The van der Waals surface area contributed by atoms with Crippen LogP contribution in [0.3, 0.4) is 0 Å². The second-order valence-corrected chi connectivity index (χ2v) is 6.60. The summed E-state index contributed by atoms with van der Waals surface area (Å²) in [5, 5.41) is 10.9. The zero-order valence-electron chi connectivity index (χ0n) is 10.9. The van der Waals surface area contributed by atoms with Crippen LogP contribution in [0, 0.1) is 11.3 Å². The van der Waals surface area contributed by atoms with Crippen LogP contribution >= 0.6 is 23.2 Å². The maximum absolute atomic E-state index is 11.9. The monoisotopic (exact) mass is 314 g/mol. The van der Waals surface area contributed by atoms with E-state index in [0.29, 0.717) is 35.4 Å². The lowest BCUT2D eigenvalue weighted by molar-refractivity contribution is -0.153. The summed E-state index contributed by atoms with van der Waals surface area (Å²) in [6, 6.07) is 5.19. The minimum atomic E-state index is -0.866. The van der Waals surface area contributed by atoms with E-state index >= 15 is 0 Å². The Morgan fingerprint density at radius 2 is 2.15 bits per heavy atom. The van der Waals surface area contributed by atoms with Gasteiger partial charge in [-0.3, -0.25) is 4.79 Å². The van der Waals surface area contributed by atoms with Crippen molar-refractivity contribution in [2.45, 2.75) is 31.8 Å². The van der Waals surface area contributed by atoms with E-state index < -0.39 is 11.4 Å². The van der Waals surface area contributed by atoms with Crippen LogP contribution in [0.15, 0.2) is 18.2 Å². The van der Waals surface area contributed by atoms with Crippen LogP contribution in [0.1, 0.15) is 24.8 Å². The third-order valence-corrected chi connectivity index (χ3v) is 4.98. The number of halogens is 2. The van der Waals surface area contributed by atoms with E-state index in [1.54, 1.807) is 18.2 Å². The first kappa shape index (κ1) is 14.2. The van der Waals surface area contributed by atoms with Gasteiger partial charge < -0.3 is 9.84 Å². The maximum Gasteiger partial charge on any atom is 0.312 e. The summed E-state index contributed by atoms with van der Waals surface area (Å²) < 4.78 is 5.74. The number of hydrogen-bond donors (Lipinski definition) is 1. The normalized spacial score (nSPS) is 29.6. The molecule has 1 saturated heterocycles. The molecule has 2 atom stereocenters. The fraction of sp³-hybridized carbons (Fsp3) is 0.533. The molecule has 2 fully saturated rings. The molecule has 0 amide bonds. The highest BCUT2D eigenvalue weighted by atomic mass is 35.5. The Bertz CT molecular complexity index is 542. The van der Waals surface area contributed by atoms with E-state index in [1.165, 1.54) is 0 Å². The molecule has 1 N–H and O–H groups in total. The number of aliphatic carboxylic acids is 1. The summed E-state index contributed by atoms with van der Waals surface area (Å²) in [6.45, 7) is 0.506. The summed E-state index contributed by atoms with van der Waals surface area (Å²) in [5.74, 6) is -0.408. The lowest BCUT2D eigenvalue weighted by atomic mass is 9.74. The average molecular weight is 315 g/mol. The van der Waals surface area contributed by atoms with Crippen molar-refractivity contribution in [3.8, 4) is 0 Å². The number of hydrogen-bond acceptors (Lipinski definition) is 2. The zero-order chi connectivity index (χ0) is 14.3. The van der Waals surface area contributed by atoms with E-state index in [4.69, 9.17) is 27.9 Å². The number of carbonyl (C=O) groups is 1. The highest BCUT2D eigenvalue weighted by Crippen LogP contribution is 2.50. The summed E-state index contributed by atoms with van der Waals surface area (Å²) in [7, 11) is 0. The van der Waals surface area contributed by atoms with Crippen molar-refractivity contribution in [3.63, 3.8) is 0 Å². The van der Waals surface area contributed by atoms with Crippen molar-refractivity contribution in [2.75, 3.05) is 6.61 Å². The minimum Gasteiger partial charge on any atom is -0.481 e. The summed E-state index contributed by atoms with van der Waals surface area (Å²) in [6.07, 6.45) is 2.83. The second-order valence-electron chi connectivity index (χ2n) is 5.75. The van der Waals surface area contributed by atoms with Crippen molar-refractivity contribution in [3.05, 3.63) is 33.8 Å². The quantitative estimate of drug-likeness (QED) is 0.919. The van der Waals surface area contributed by atoms with Gasteiger partial charge in [-0.1, -0.05) is 23.2 Å². The Hall–Kier alpha value is -0.770. The summed E-state index contributed by atoms with van der Waals surface area (Å²) >= 11 is 12.2. The van der Waals surface area contributed by atoms with Crippen LogP contribution < -0.4 is 0 Å². The molecule has 3 rings (SSSR count). The first-order valence-corrected chi connectivity index (χ1v) is 7.57. The van der Waals surface area contributed by atoms with E-state index in [0.717, 1.165) is 18.4 Å². The van der Waals surface area contributed by atoms with Gasteiger partial charge in [0.25, 0.3) is 0 Å². The standard InChI is InChI=1S/C15H16Cl2O3/c16-11-3-4-12(17)10(7-11)8-15(14(18)19)5-6-20-13(15)9-1-2-9/h3-4,7,9,13H,1-2,5-6,8H2,(H,18,19). The molecule has 2 unspecified atom stereocenters. The Labute approximate surface area is 127 Å². The Morgan fingerprint density at radius 3 is 2.80 bits per heavy atom. The van der Waals surface area contributed by atoms with Gasteiger partial charge in [-0.15, -0.1) is 0 Å². The summed E-state index contributed by atoms with van der Waals surface area (Å²) in [4.78, 5) is 11.9. The predicted octanol–water partition coefficient (Wildman–Crippen LogP) is 3.81. The van der Waals surface area contributed by atoms with Crippen LogP contribution in [0.25, 0.3) is 0 Å². The largest absolute Gasteiger partial charge is 0.481 e. The van der Waals surface area contributed by atoms with Crippen LogP contribution in [0.5, 0.6) is 0 Å². The van der Waals surface area contributed by atoms with Crippen molar-refractivity contribution in [1.29, 1.82) is 0 Å². The molecule has 5 heteroatoms. The molecule has 0 spiro atoms. The Kier molecular flexibility index (Phi) is 3.69. The first-order chi connectivity index (χ1) is 9.53. The Morgan fingerprint density at radius 1 is 1.40 bits per heavy atom. The zero-order valence-corrected chi connectivity index (χ0v) is 12.5. The molecule has 1 aromatic rings. The van der Waals surface area contributed by atoms with Crippen molar-refractivity contribution in [1.82, 2.24) is 0 Å². The van der Waals surface area contributed by atoms with Gasteiger partial charge in [-0.2, -0.15) is 0 Å². The molecule has 20 heavy (non-hydrogen) atoms. The molecule has 2 aliphatic rings. The van der Waals surface area contributed by atoms with Gasteiger partial charge in [-0.05, 0) is 55.4 Å². The van der Waals surface area contributed by atoms with Gasteiger partial charge in [0, 0.05) is 16.7 Å². The number of carboxylic acids is 1. The number of ether oxygens (including phenoxy) is 1. The van der Waals surface area contributed by atoms with Crippen LogP contribution in [-0.4, -0.2) is 23.8 Å². The highest BCUT2D eigenvalue weighted by Gasteiger charge is 2.55. The van der Waals surface area contributed by atoms with Gasteiger partial charge in [0.15, 0.2) is 0 Å². The third kappa shape index (κ3) is 2.43. The lowest BCUT2D eigenvalue weighted by Gasteiger charge is -2.30. The van der Waals surface area contributed by atoms with Crippen LogP contribution in [-0.2, 0) is 16.0 Å². The fourth-order valence-corrected chi connectivity index (χ4v) is 3.55. The molecule has 3 nitrogen and oxygen atoms in total. The molecule has 0 radical (unpaired) electrons. The third-order valence-electron chi connectivity index (χ3n) is 4.38. The number of carboxylic acid groups (broad SMARTS) is 1. The van der Waals surface area contributed by atoms with Gasteiger partial charge in [0.05, 0.1) is 6.10 Å². The highest BCUT2D eigenvalue weighted by molar-refractivity contribution is 6.33. The van der Waals surface area contributed by atoms with E-state index in [9.17, 15) is 9.90 Å². The molecule has 1 saturated carbocycles. The topological polar surface area (TPSA) is 46.5 Å². The van der Waals surface area contributed by atoms with Gasteiger partial charge in [-0.25, -0.2) is 0 Å². The van der Waals surface area contributed by atoms with Crippen molar-refractivity contribution >= 4 is 29.2 Å². The number of rotatable bonds is 4. The predicted molar refractivity (Wildman–Crippen MR) is 77.3 cm³/mol. The Balaban J connectivity index is 1.95. The molecular weight excluding hydrogens is 299 g/mol. The summed E-state index contributed by atoms with van der Waals surface area (Å²) in [5.41, 5.74) is -0.0760. The SMILES string of the molecule is O=C(O)C1(Cc2cc(Cl)ccc2Cl)CCOC1C1CC1. The average Bonchev–Trinajstić information content (AvgIpc) is 3.15. The molecule has 0 aromatic heterocycles.